The van der Waals surface area contributed by atoms with E-state index in [2.05, 4.69) is 51.4 Å². The number of piperidine rings is 2. The van der Waals surface area contributed by atoms with Gasteiger partial charge in [0.15, 0.2) is 0 Å². The van der Waals surface area contributed by atoms with Crippen LogP contribution in [-0.2, 0) is 4.79 Å². The van der Waals surface area contributed by atoms with Crippen LogP contribution in [0.3, 0.4) is 0 Å². The molecule has 0 atom stereocenters. The largest absolute Gasteiger partial charge is 0.351 e. The lowest BCUT2D eigenvalue weighted by molar-refractivity contribution is -0.137. The van der Waals surface area contributed by atoms with Crippen LogP contribution in [0.2, 0.25) is 5.02 Å². The van der Waals surface area contributed by atoms with Crippen molar-refractivity contribution in [1.29, 1.82) is 0 Å². The van der Waals surface area contributed by atoms with Crippen molar-refractivity contribution in [3.8, 4) is 22.4 Å². The van der Waals surface area contributed by atoms with Gasteiger partial charge in [-0.25, -0.2) is 9.97 Å². The molecule has 1 N–H and O–H groups in total. The Bertz CT molecular complexity index is 1160. The third kappa shape index (κ3) is 5.65. The fourth-order valence-electron chi connectivity index (χ4n) is 5.06. The zero-order valence-electron chi connectivity index (χ0n) is 20.2. The number of anilines is 1. The van der Waals surface area contributed by atoms with Gasteiger partial charge in [-0.15, -0.1) is 0 Å². The van der Waals surface area contributed by atoms with Crippen LogP contribution in [0.1, 0.15) is 25.7 Å². The molecule has 0 bridgehead atoms. The summed E-state index contributed by atoms with van der Waals surface area (Å²) < 4.78 is 0. The first-order valence-electron chi connectivity index (χ1n) is 12.5. The lowest BCUT2D eigenvalue weighted by Gasteiger charge is -2.36. The normalized spacial score (nSPS) is 17.9. The number of rotatable bonds is 5. The lowest BCUT2D eigenvalue weighted by atomic mass is 9.94. The predicted octanol–water partition coefficient (Wildman–Crippen LogP) is 5.21. The van der Waals surface area contributed by atoms with Crippen molar-refractivity contribution >= 4 is 23.5 Å². The molecule has 0 unspecified atom stereocenters. The lowest BCUT2D eigenvalue weighted by Crippen LogP contribution is -2.47. The van der Waals surface area contributed by atoms with Gasteiger partial charge in [-0.2, -0.15) is 0 Å². The zero-order valence-corrected chi connectivity index (χ0v) is 20.9. The number of amides is 1. The number of aromatic nitrogens is 2. The van der Waals surface area contributed by atoms with Gasteiger partial charge in [0, 0.05) is 30.6 Å². The molecule has 0 radical (unpaired) electrons. The fraction of sp³-hybridized carbons (Fsp3) is 0.393. The third-order valence-corrected chi connectivity index (χ3v) is 7.47. The van der Waals surface area contributed by atoms with Gasteiger partial charge >= 0.3 is 0 Å². The van der Waals surface area contributed by atoms with Gasteiger partial charge < -0.3 is 15.1 Å². The maximum Gasteiger partial charge on any atom is 0.225 e. The number of benzene rings is 2. The van der Waals surface area contributed by atoms with E-state index >= 15 is 0 Å². The summed E-state index contributed by atoms with van der Waals surface area (Å²) in [5, 5.41) is 4.01. The standard InChI is InChI=1S/C28H32ClN5O/c1-33-14-10-21(11-15-33)27(35)34-16-12-24(13-17-34)31-28-30-19-25(29)26(32-28)23-9-5-8-22(18-23)20-6-3-2-4-7-20/h2-9,18-19,21,24H,10-17H2,1H3,(H,30,31,32). The molecule has 35 heavy (non-hydrogen) atoms. The summed E-state index contributed by atoms with van der Waals surface area (Å²) in [5.74, 6) is 1.10. The van der Waals surface area contributed by atoms with Gasteiger partial charge in [0.1, 0.15) is 0 Å². The van der Waals surface area contributed by atoms with E-state index in [0.717, 1.165) is 74.2 Å². The molecule has 2 aromatic carbocycles. The minimum absolute atomic E-state index is 0.185. The summed E-state index contributed by atoms with van der Waals surface area (Å²) in [6.45, 7) is 3.59. The van der Waals surface area contributed by atoms with E-state index < -0.39 is 0 Å². The van der Waals surface area contributed by atoms with Crippen molar-refractivity contribution in [3.05, 3.63) is 65.8 Å². The Balaban J connectivity index is 1.23. The van der Waals surface area contributed by atoms with Gasteiger partial charge in [0.2, 0.25) is 11.9 Å². The molecule has 3 aromatic rings. The van der Waals surface area contributed by atoms with Crippen molar-refractivity contribution in [3.63, 3.8) is 0 Å². The second-order valence-corrected chi connectivity index (χ2v) is 10.1. The van der Waals surface area contributed by atoms with E-state index in [0.29, 0.717) is 16.9 Å². The molecule has 6 nitrogen and oxygen atoms in total. The Morgan fingerprint density at radius 1 is 0.914 bits per heavy atom. The fourth-order valence-corrected chi connectivity index (χ4v) is 5.26. The molecule has 2 saturated heterocycles. The highest BCUT2D eigenvalue weighted by molar-refractivity contribution is 6.32. The van der Waals surface area contributed by atoms with E-state index in [1.54, 1.807) is 6.20 Å². The second kappa shape index (κ2) is 10.8. The highest BCUT2D eigenvalue weighted by Gasteiger charge is 2.30. The Kier molecular flexibility index (Phi) is 7.30. The van der Waals surface area contributed by atoms with E-state index in [1.165, 1.54) is 0 Å². The average molecular weight is 490 g/mol. The van der Waals surface area contributed by atoms with E-state index in [-0.39, 0.29) is 12.0 Å². The van der Waals surface area contributed by atoms with Crippen LogP contribution in [0.5, 0.6) is 0 Å². The molecule has 0 spiro atoms. The summed E-state index contributed by atoms with van der Waals surface area (Å²) in [5.41, 5.74) is 3.95. The number of hydrogen-bond acceptors (Lipinski definition) is 5. The summed E-state index contributed by atoms with van der Waals surface area (Å²) in [7, 11) is 2.13. The smallest absolute Gasteiger partial charge is 0.225 e. The van der Waals surface area contributed by atoms with Crippen LogP contribution in [0.4, 0.5) is 5.95 Å². The number of halogens is 1. The number of nitrogens with zero attached hydrogens (tertiary/aromatic N) is 4. The van der Waals surface area contributed by atoms with Gasteiger partial charge in [0.05, 0.1) is 16.9 Å². The maximum absolute atomic E-state index is 12.9. The molecule has 2 fully saturated rings. The second-order valence-electron chi connectivity index (χ2n) is 9.66. The number of nitrogens with one attached hydrogen (secondary N) is 1. The number of hydrogen-bond donors (Lipinski definition) is 1. The van der Waals surface area contributed by atoms with E-state index in [4.69, 9.17) is 16.6 Å². The summed E-state index contributed by atoms with van der Waals surface area (Å²) in [6, 6.07) is 18.8. The van der Waals surface area contributed by atoms with Crippen molar-refractivity contribution in [2.75, 3.05) is 38.5 Å². The monoisotopic (exact) mass is 489 g/mol. The van der Waals surface area contributed by atoms with Crippen LogP contribution in [0, 0.1) is 5.92 Å². The highest BCUT2D eigenvalue weighted by Crippen LogP contribution is 2.30. The Hall–Kier alpha value is -2.96. The number of carbonyl (C=O) groups is 1. The maximum atomic E-state index is 12.9. The van der Waals surface area contributed by atoms with Crippen molar-refractivity contribution in [2.24, 2.45) is 5.92 Å². The van der Waals surface area contributed by atoms with Gasteiger partial charge in [0.25, 0.3) is 0 Å². The number of likely N-dealkylation sites (tertiary alicyclic amines) is 2. The molecule has 7 heteroatoms. The summed E-state index contributed by atoms with van der Waals surface area (Å²) >= 11 is 6.51. The Morgan fingerprint density at radius 2 is 1.60 bits per heavy atom. The van der Waals surface area contributed by atoms with Crippen LogP contribution in [-0.4, -0.2) is 64.9 Å². The first-order valence-corrected chi connectivity index (χ1v) is 12.9. The molecule has 5 rings (SSSR count). The van der Waals surface area contributed by atoms with E-state index in [9.17, 15) is 4.79 Å². The van der Waals surface area contributed by atoms with Crippen LogP contribution in [0.25, 0.3) is 22.4 Å². The van der Waals surface area contributed by atoms with Crippen LogP contribution in [0.15, 0.2) is 60.8 Å². The molecular weight excluding hydrogens is 458 g/mol. The first-order chi connectivity index (χ1) is 17.1. The highest BCUT2D eigenvalue weighted by atomic mass is 35.5. The molecule has 0 aliphatic carbocycles. The van der Waals surface area contributed by atoms with Crippen molar-refractivity contribution in [1.82, 2.24) is 19.8 Å². The van der Waals surface area contributed by atoms with Crippen LogP contribution < -0.4 is 5.32 Å². The molecule has 182 valence electrons. The summed E-state index contributed by atoms with van der Waals surface area (Å²) in [4.78, 5) is 26.5. The minimum Gasteiger partial charge on any atom is -0.351 e. The zero-order chi connectivity index (χ0) is 24.2. The minimum atomic E-state index is 0.185. The molecule has 0 saturated carbocycles. The molecule has 1 aromatic heterocycles. The molecular formula is C28H32ClN5O. The molecule has 2 aliphatic heterocycles. The molecule has 3 heterocycles. The van der Waals surface area contributed by atoms with Crippen molar-refractivity contribution in [2.45, 2.75) is 31.7 Å². The molecule has 1 amide bonds. The Morgan fingerprint density at radius 3 is 2.34 bits per heavy atom. The predicted molar refractivity (Wildman–Crippen MR) is 141 cm³/mol. The van der Waals surface area contributed by atoms with Crippen LogP contribution >= 0.6 is 11.6 Å². The van der Waals surface area contributed by atoms with Gasteiger partial charge in [-0.1, -0.05) is 60.1 Å². The van der Waals surface area contributed by atoms with E-state index in [1.807, 2.05) is 30.3 Å². The van der Waals surface area contributed by atoms with Gasteiger partial charge in [-0.3, -0.25) is 4.79 Å². The number of carbonyl (C=O) groups excluding carboxylic acids is 1. The van der Waals surface area contributed by atoms with Gasteiger partial charge in [-0.05, 0) is 63.0 Å². The topological polar surface area (TPSA) is 61.4 Å². The third-order valence-electron chi connectivity index (χ3n) is 7.19. The molecule has 2 aliphatic rings. The SMILES string of the molecule is CN1CCC(C(=O)N2CCC(Nc3ncc(Cl)c(-c4cccc(-c5ccccc5)c4)n3)CC2)CC1. The first kappa shape index (κ1) is 23.8. The average Bonchev–Trinajstić information content (AvgIpc) is 2.91. The summed E-state index contributed by atoms with van der Waals surface area (Å²) in [6.07, 6.45) is 5.40. The quantitative estimate of drug-likeness (QED) is 0.533. The van der Waals surface area contributed by atoms with Crippen molar-refractivity contribution < 1.29 is 4.79 Å². The Labute approximate surface area is 212 Å².